The standard InChI is InChI=1S/C21H23N3O4S2/c1-21(2,26)12-9-18(29-11-12)30(27,28)24-20(25)23-19-15-7-3-5-13(15)17(10-22)14-6-4-8-16(14)19/h9,11,26H,3-8H2,1-2H3,(H2,23,24,25). The highest BCUT2D eigenvalue weighted by molar-refractivity contribution is 7.92. The van der Waals surface area contributed by atoms with Crippen molar-refractivity contribution in [2.24, 2.45) is 0 Å². The van der Waals surface area contributed by atoms with Gasteiger partial charge < -0.3 is 10.4 Å². The maximum absolute atomic E-state index is 12.7. The highest BCUT2D eigenvalue weighted by Gasteiger charge is 2.30. The van der Waals surface area contributed by atoms with E-state index in [0.29, 0.717) is 11.3 Å². The largest absolute Gasteiger partial charge is 0.386 e. The minimum atomic E-state index is -4.07. The fourth-order valence-electron chi connectivity index (χ4n) is 4.33. The number of carbonyl (C=O) groups is 1. The third-order valence-electron chi connectivity index (χ3n) is 5.77. The van der Waals surface area contributed by atoms with Gasteiger partial charge in [-0.05, 0) is 91.6 Å². The molecular weight excluding hydrogens is 422 g/mol. The Hall–Kier alpha value is -2.41. The third kappa shape index (κ3) is 3.60. The lowest BCUT2D eigenvalue weighted by Crippen LogP contribution is -2.34. The average Bonchev–Trinajstić information content (AvgIpc) is 3.40. The first-order valence-corrected chi connectivity index (χ1v) is 12.2. The summed E-state index contributed by atoms with van der Waals surface area (Å²) in [5.41, 5.74) is 4.61. The number of nitrogens with zero attached hydrogens (tertiary/aromatic N) is 1. The highest BCUT2D eigenvalue weighted by Crippen LogP contribution is 2.41. The highest BCUT2D eigenvalue weighted by atomic mass is 32.2. The van der Waals surface area contributed by atoms with Gasteiger partial charge in [-0.25, -0.2) is 17.9 Å². The number of amides is 2. The van der Waals surface area contributed by atoms with Crippen LogP contribution < -0.4 is 10.0 Å². The van der Waals surface area contributed by atoms with Crippen molar-refractivity contribution in [2.45, 2.75) is 62.2 Å². The van der Waals surface area contributed by atoms with Crippen molar-refractivity contribution in [2.75, 3.05) is 5.32 Å². The van der Waals surface area contributed by atoms with Crippen molar-refractivity contribution in [1.29, 1.82) is 5.26 Å². The van der Waals surface area contributed by atoms with Gasteiger partial charge >= 0.3 is 6.03 Å². The van der Waals surface area contributed by atoms with E-state index in [0.717, 1.165) is 77.7 Å². The SMILES string of the molecule is CC(C)(O)c1csc(S(=O)(=O)NC(=O)Nc2c3c(c(C#N)c4c2CCC4)CCC3)c1. The summed E-state index contributed by atoms with van der Waals surface area (Å²) in [6.45, 7) is 3.13. The molecular formula is C21H23N3O4S2. The van der Waals surface area contributed by atoms with Crippen molar-refractivity contribution in [3.8, 4) is 6.07 Å². The molecule has 2 aromatic rings. The Bertz CT molecular complexity index is 1150. The van der Waals surface area contributed by atoms with Crippen molar-refractivity contribution in [3.05, 3.63) is 44.8 Å². The predicted octanol–water partition coefficient (Wildman–Crippen LogP) is 3.33. The van der Waals surface area contributed by atoms with Crippen LogP contribution in [0.2, 0.25) is 0 Å². The molecule has 1 aromatic heterocycles. The van der Waals surface area contributed by atoms with Crippen LogP contribution in [0.3, 0.4) is 0 Å². The molecule has 0 bridgehead atoms. The van der Waals surface area contributed by atoms with E-state index in [1.54, 1.807) is 19.2 Å². The molecule has 0 unspecified atom stereocenters. The Labute approximate surface area is 179 Å². The van der Waals surface area contributed by atoms with Gasteiger partial charge in [0.2, 0.25) is 0 Å². The van der Waals surface area contributed by atoms with E-state index in [1.165, 1.54) is 6.07 Å². The molecule has 0 aliphatic heterocycles. The summed E-state index contributed by atoms with van der Waals surface area (Å²) in [6, 6.07) is 2.89. The van der Waals surface area contributed by atoms with Gasteiger partial charge in [0.1, 0.15) is 4.21 Å². The van der Waals surface area contributed by atoms with E-state index in [-0.39, 0.29) is 4.21 Å². The zero-order valence-corrected chi connectivity index (χ0v) is 18.5. The molecule has 4 rings (SSSR count). The topological polar surface area (TPSA) is 119 Å². The van der Waals surface area contributed by atoms with Gasteiger partial charge in [0, 0.05) is 5.69 Å². The molecule has 0 spiro atoms. The fraction of sp³-hybridized carbons (Fsp3) is 0.429. The number of urea groups is 1. The van der Waals surface area contributed by atoms with Crippen LogP contribution in [-0.2, 0) is 41.3 Å². The van der Waals surface area contributed by atoms with E-state index >= 15 is 0 Å². The molecule has 1 aromatic carbocycles. The smallest absolute Gasteiger partial charge is 0.333 e. The predicted molar refractivity (Wildman–Crippen MR) is 114 cm³/mol. The zero-order valence-electron chi connectivity index (χ0n) is 16.8. The molecule has 30 heavy (non-hydrogen) atoms. The molecule has 0 saturated carbocycles. The van der Waals surface area contributed by atoms with Gasteiger partial charge in [0.05, 0.1) is 17.2 Å². The number of carbonyl (C=O) groups excluding carboxylic acids is 1. The summed E-state index contributed by atoms with van der Waals surface area (Å²) in [5, 5.41) is 24.0. The Balaban J connectivity index is 1.61. The lowest BCUT2D eigenvalue weighted by Gasteiger charge is -2.18. The summed E-state index contributed by atoms with van der Waals surface area (Å²) < 4.78 is 27.4. The van der Waals surface area contributed by atoms with Gasteiger partial charge in [0.25, 0.3) is 10.0 Å². The van der Waals surface area contributed by atoms with Gasteiger partial charge in [-0.15, -0.1) is 11.3 Å². The number of aliphatic hydroxyl groups is 1. The number of rotatable bonds is 4. The number of anilines is 1. The van der Waals surface area contributed by atoms with Crippen LogP contribution >= 0.6 is 11.3 Å². The Kier molecular flexibility index (Phi) is 5.12. The first-order valence-electron chi connectivity index (χ1n) is 9.86. The second-order valence-corrected chi connectivity index (χ2v) is 11.1. The van der Waals surface area contributed by atoms with Crippen molar-refractivity contribution in [1.82, 2.24) is 4.72 Å². The van der Waals surface area contributed by atoms with Crippen LogP contribution in [0.4, 0.5) is 10.5 Å². The molecule has 9 heteroatoms. The molecule has 3 N–H and O–H groups in total. The number of sulfonamides is 1. The van der Waals surface area contributed by atoms with E-state index in [2.05, 4.69) is 16.1 Å². The minimum Gasteiger partial charge on any atom is -0.386 e. The lowest BCUT2D eigenvalue weighted by atomic mass is 9.93. The molecule has 7 nitrogen and oxygen atoms in total. The maximum atomic E-state index is 12.7. The van der Waals surface area contributed by atoms with Crippen LogP contribution in [0, 0.1) is 11.3 Å². The Morgan fingerprint density at radius 1 is 1.13 bits per heavy atom. The first kappa shape index (κ1) is 20.8. The van der Waals surface area contributed by atoms with Gasteiger partial charge in [0.15, 0.2) is 0 Å². The second kappa shape index (κ2) is 7.38. The van der Waals surface area contributed by atoms with Crippen LogP contribution in [0.5, 0.6) is 0 Å². The number of benzene rings is 1. The molecule has 2 aliphatic rings. The summed E-state index contributed by atoms with van der Waals surface area (Å²) >= 11 is 0.950. The number of nitriles is 1. The van der Waals surface area contributed by atoms with Gasteiger partial charge in [-0.3, -0.25) is 0 Å². The summed E-state index contributed by atoms with van der Waals surface area (Å²) in [7, 11) is -4.07. The molecule has 0 radical (unpaired) electrons. The molecule has 0 atom stereocenters. The maximum Gasteiger partial charge on any atom is 0.333 e. The van der Waals surface area contributed by atoms with Crippen LogP contribution in [-0.4, -0.2) is 19.6 Å². The first-order chi connectivity index (χ1) is 14.1. The van der Waals surface area contributed by atoms with Crippen LogP contribution in [0.25, 0.3) is 0 Å². The summed E-state index contributed by atoms with van der Waals surface area (Å²) in [6.07, 6.45) is 4.95. The molecule has 2 amide bonds. The monoisotopic (exact) mass is 445 g/mol. The quantitative estimate of drug-likeness (QED) is 0.667. The van der Waals surface area contributed by atoms with E-state index in [4.69, 9.17) is 0 Å². The van der Waals surface area contributed by atoms with Gasteiger partial charge in [-0.1, -0.05) is 0 Å². The van der Waals surface area contributed by atoms with Crippen molar-refractivity contribution >= 4 is 33.1 Å². The summed E-state index contributed by atoms with van der Waals surface area (Å²) in [4.78, 5) is 12.6. The number of hydrogen-bond acceptors (Lipinski definition) is 6. The molecule has 2 aliphatic carbocycles. The number of hydrogen-bond donors (Lipinski definition) is 3. The third-order valence-corrected chi connectivity index (χ3v) is 8.54. The minimum absolute atomic E-state index is 0.0370. The molecule has 1 heterocycles. The fourth-order valence-corrected chi connectivity index (χ4v) is 6.58. The van der Waals surface area contributed by atoms with Crippen LogP contribution in [0.15, 0.2) is 15.7 Å². The number of thiophene rings is 1. The number of fused-ring (bicyclic) bond motifs is 2. The van der Waals surface area contributed by atoms with E-state index in [1.807, 2.05) is 0 Å². The molecule has 0 fully saturated rings. The van der Waals surface area contributed by atoms with Crippen molar-refractivity contribution in [3.63, 3.8) is 0 Å². The normalized spacial score (nSPS) is 15.4. The lowest BCUT2D eigenvalue weighted by molar-refractivity contribution is 0.0789. The van der Waals surface area contributed by atoms with Crippen molar-refractivity contribution < 1.29 is 18.3 Å². The molecule has 158 valence electrons. The Morgan fingerprint density at radius 2 is 1.70 bits per heavy atom. The van der Waals surface area contributed by atoms with Gasteiger partial charge in [-0.2, -0.15) is 5.26 Å². The molecule has 0 saturated heterocycles. The van der Waals surface area contributed by atoms with Crippen LogP contribution in [0.1, 0.15) is 60.1 Å². The number of nitrogens with one attached hydrogen (secondary N) is 2. The Morgan fingerprint density at radius 3 is 2.20 bits per heavy atom. The average molecular weight is 446 g/mol. The summed E-state index contributed by atoms with van der Waals surface area (Å²) in [5.74, 6) is 0. The zero-order chi connectivity index (χ0) is 21.7. The van der Waals surface area contributed by atoms with E-state index in [9.17, 15) is 23.6 Å². The second-order valence-electron chi connectivity index (χ2n) is 8.26. The van der Waals surface area contributed by atoms with E-state index < -0.39 is 21.7 Å².